The lowest BCUT2D eigenvalue weighted by atomic mass is 10.2. The normalized spacial score (nSPS) is 10.9. The van der Waals surface area contributed by atoms with Gasteiger partial charge in [0.15, 0.2) is 0 Å². The number of hydrogen-bond acceptors (Lipinski definition) is 2. The first-order chi connectivity index (χ1) is 5.70. The maximum Gasteiger partial charge on any atom is 0.117 e. The summed E-state index contributed by atoms with van der Waals surface area (Å²) in [6.07, 6.45) is 0. The first kappa shape index (κ1) is 7.97. The van der Waals surface area contributed by atoms with Crippen LogP contribution >= 0.6 is 22.6 Å². The van der Waals surface area contributed by atoms with Gasteiger partial charge in [0.25, 0.3) is 0 Å². The van der Waals surface area contributed by atoms with Crippen LogP contribution in [0.5, 0.6) is 0 Å². The van der Waals surface area contributed by atoms with Gasteiger partial charge in [-0.15, -0.1) is 5.10 Å². The van der Waals surface area contributed by atoms with Gasteiger partial charge in [-0.2, -0.15) is 0 Å². The van der Waals surface area contributed by atoms with Crippen molar-refractivity contribution in [1.29, 1.82) is 0 Å². The molecule has 4 heteroatoms. The van der Waals surface area contributed by atoms with Crippen LogP contribution in [0.4, 0.5) is 0 Å². The van der Waals surface area contributed by atoms with Crippen LogP contribution in [0.2, 0.25) is 0 Å². The van der Waals surface area contributed by atoms with Gasteiger partial charge in [0, 0.05) is 10.6 Å². The molecule has 0 aliphatic rings. The third-order valence-corrected chi connectivity index (χ3v) is 3.14. The Kier molecular flexibility index (Phi) is 1.79. The van der Waals surface area contributed by atoms with E-state index < -0.39 is 0 Å². The summed E-state index contributed by atoms with van der Waals surface area (Å²) in [4.78, 5) is 0. The van der Waals surface area contributed by atoms with E-state index in [9.17, 15) is 0 Å². The van der Waals surface area contributed by atoms with Gasteiger partial charge >= 0.3 is 0 Å². The number of benzene rings is 1. The number of aromatic nitrogens is 3. The van der Waals surface area contributed by atoms with Gasteiger partial charge in [-0.05, 0) is 47.2 Å². The summed E-state index contributed by atoms with van der Waals surface area (Å²) in [6.45, 7) is 2.07. The number of hydrogen-bond donors (Lipinski definition) is 0. The minimum atomic E-state index is 1.00. The van der Waals surface area contributed by atoms with E-state index in [1.165, 1.54) is 9.13 Å². The molecule has 0 saturated carbocycles. The number of fused-ring (bicyclic) bond motifs is 1. The van der Waals surface area contributed by atoms with Gasteiger partial charge < -0.3 is 0 Å². The molecule has 0 bridgehead atoms. The fraction of sp³-hybridized carbons (Fsp3) is 0.250. The van der Waals surface area contributed by atoms with E-state index in [4.69, 9.17) is 0 Å². The first-order valence-electron chi connectivity index (χ1n) is 3.64. The molecule has 0 fully saturated rings. The van der Waals surface area contributed by atoms with Crippen molar-refractivity contribution in [1.82, 2.24) is 15.0 Å². The van der Waals surface area contributed by atoms with Crippen molar-refractivity contribution in [3.05, 3.63) is 21.3 Å². The van der Waals surface area contributed by atoms with Crippen LogP contribution < -0.4 is 0 Å². The molecule has 1 aromatic carbocycles. The van der Waals surface area contributed by atoms with Crippen LogP contribution in [0, 0.1) is 10.5 Å². The summed E-state index contributed by atoms with van der Waals surface area (Å²) in [5, 5.41) is 8.05. The Morgan fingerprint density at radius 2 is 2.17 bits per heavy atom. The van der Waals surface area contributed by atoms with Crippen LogP contribution in [0.3, 0.4) is 0 Å². The molecule has 0 N–H and O–H groups in total. The standard InChI is InChI=1S/C8H8IN3/c1-5-6(9)3-4-7-8(5)10-11-12(7)2/h3-4H,1-2H3. The lowest BCUT2D eigenvalue weighted by Crippen LogP contribution is -1.89. The zero-order valence-corrected chi connectivity index (χ0v) is 9.03. The molecular weight excluding hydrogens is 265 g/mol. The Morgan fingerprint density at radius 3 is 2.92 bits per heavy atom. The van der Waals surface area contributed by atoms with E-state index in [2.05, 4.69) is 45.9 Å². The summed E-state index contributed by atoms with van der Waals surface area (Å²) in [5.41, 5.74) is 3.30. The predicted molar refractivity (Wildman–Crippen MR) is 56.0 cm³/mol. The van der Waals surface area contributed by atoms with E-state index in [1.54, 1.807) is 4.68 Å². The average Bonchev–Trinajstić information content (AvgIpc) is 2.41. The summed E-state index contributed by atoms with van der Waals surface area (Å²) in [7, 11) is 1.90. The SMILES string of the molecule is Cc1c(I)ccc2c1nnn2C. The second kappa shape index (κ2) is 2.69. The monoisotopic (exact) mass is 273 g/mol. The summed E-state index contributed by atoms with van der Waals surface area (Å²) in [5.74, 6) is 0. The zero-order chi connectivity index (χ0) is 8.72. The maximum atomic E-state index is 4.09. The number of halogens is 1. The van der Waals surface area contributed by atoms with Crippen LogP contribution in [0.1, 0.15) is 5.56 Å². The largest absolute Gasteiger partial charge is 0.248 e. The average molecular weight is 273 g/mol. The third kappa shape index (κ3) is 1.01. The van der Waals surface area contributed by atoms with Crippen molar-refractivity contribution in [3.63, 3.8) is 0 Å². The predicted octanol–water partition coefficient (Wildman–Crippen LogP) is 1.88. The third-order valence-electron chi connectivity index (χ3n) is 1.97. The Morgan fingerprint density at radius 1 is 1.42 bits per heavy atom. The molecule has 0 aliphatic heterocycles. The molecule has 0 radical (unpaired) electrons. The molecule has 0 atom stereocenters. The minimum absolute atomic E-state index is 1.00. The molecule has 1 aromatic heterocycles. The molecule has 2 rings (SSSR count). The summed E-state index contributed by atoms with van der Waals surface area (Å²) < 4.78 is 3.03. The molecule has 3 nitrogen and oxygen atoms in total. The van der Waals surface area contributed by atoms with E-state index in [0.29, 0.717) is 0 Å². The highest BCUT2D eigenvalue weighted by Gasteiger charge is 2.05. The van der Waals surface area contributed by atoms with Crippen molar-refractivity contribution in [2.24, 2.45) is 7.05 Å². The fourth-order valence-corrected chi connectivity index (χ4v) is 1.64. The topological polar surface area (TPSA) is 30.7 Å². The molecule has 1 heterocycles. The molecular formula is C8H8IN3. The van der Waals surface area contributed by atoms with Gasteiger partial charge in [-0.3, -0.25) is 0 Å². The van der Waals surface area contributed by atoms with Gasteiger partial charge in [0.05, 0.1) is 5.52 Å². The molecule has 12 heavy (non-hydrogen) atoms. The van der Waals surface area contributed by atoms with Crippen molar-refractivity contribution in [3.8, 4) is 0 Å². The van der Waals surface area contributed by atoms with Crippen molar-refractivity contribution >= 4 is 33.6 Å². The van der Waals surface area contributed by atoms with Crippen molar-refractivity contribution in [2.75, 3.05) is 0 Å². The van der Waals surface area contributed by atoms with E-state index in [-0.39, 0.29) is 0 Å². The second-order valence-corrected chi connectivity index (χ2v) is 3.92. The van der Waals surface area contributed by atoms with E-state index >= 15 is 0 Å². The fourth-order valence-electron chi connectivity index (χ4n) is 1.21. The molecule has 0 amide bonds. The molecule has 0 saturated heterocycles. The van der Waals surface area contributed by atoms with Gasteiger partial charge in [-0.25, -0.2) is 4.68 Å². The zero-order valence-electron chi connectivity index (χ0n) is 6.87. The Hall–Kier alpha value is -0.650. The lowest BCUT2D eigenvalue weighted by molar-refractivity contribution is 0.736. The summed E-state index contributed by atoms with van der Waals surface area (Å²) in [6, 6.07) is 4.13. The van der Waals surface area contributed by atoms with Crippen LogP contribution in [-0.2, 0) is 7.05 Å². The molecule has 62 valence electrons. The number of nitrogens with zero attached hydrogens (tertiary/aromatic N) is 3. The first-order valence-corrected chi connectivity index (χ1v) is 4.72. The van der Waals surface area contributed by atoms with E-state index in [1.807, 2.05) is 13.1 Å². The van der Waals surface area contributed by atoms with Gasteiger partial charge in [-0.1, -0.05) is 5.21 Å². The lowest BCUT2D eigenvalue weighted by Gasteiger charge is -1.97. The van der Waals surface area contributed by atoms with Crippen LogP contribution in [-0.4, -0.2) is 15.0 Å². The van der Waals surface area contributed by atoms with Crippen LogP contribution in [0.25, 0.3) is 11.0 Å². The van der Waals surface area contributed by atoms with E-state index in [0.717, 1.165) is 11.0 Å². The highest BCUT2D eigenvalue weighted by molar-refractivity contribution is 14.1. The van der Waals surface area contributed by atoms with Crippen LogP contribution in [0.15, 0.2) is 12.1 Å². The Labute approximate surface area is 83.9 Å². The minimum Gasteiger partial charge on any atom is -0.248 e. The maximum absolute atomic E-state index is 4.09. The highest BCUT2D eigenvalue weighted by Crippen LogP contribution is 2.19. The van der Waals surface area contributed by atoms with Crippen molar-refractivity contribution < 1.29 is 0 Å². The van der Waals surface area contributed by atoms with Gasteiger partial charge in [0.2, 0.25) is 0 Å². The Bertz CT molecular complexity index is 433. The highest BCUT2D eigenvalue weighted by atomic mass is 127. The van der Waals surface area contributed by atoms with Gasteiger partial charge in [0.1, 0.15) is 5.52 Å². The smallest absolute Gasteiger partial charge is 0.117 e. The number of rotatable bonds is 0. The Balaban J connectivity index is 2.93. The molecule has 2 aromatic rings. The molecule has 0 spiro atoms. The molecule has 0 aliphatic carbocycles. The number of aryl methyl sites for hydroxylation is 2. The quantitative estimate of drug-likeness (QED) is 0.686. The molecule has 0 unspecified atom stereocenters. The summed E-state index contributed by atoms with van der Waals surface area (Å²) >= 11 is 2.30. The second-order valence-electron chi connectivity index (χ2n) is 2.75. The van der Waals surface area contributed by atoms with Crippen molar-refractivity contribution in [2.45, 2.75) is 6.92 Å².